The average molecular weight is 425 g/mol. The van der Waals surface area contributed by atoms with Crippen LogP contribution in [0.15, 0.2) is 47.5 Å². The zero-order valence-electron chi connectivity index (χ0n) is 19.7. The van der Waals surface area contributed by atoms with Crippen LogP contribution in [0, 0.1) is 6.92 Å². The first-order chi connectivity index (χ1) is 14.8. The quantitative estimate of drug-likeness (QED) is 0.475. The molecule has 0 aliphatic carbocycles. The van der Waals surface area contributed by atoms with Crippen LogP contribution in [0.25, 0.3) is 0 Å². The Morgan fingerprint density at radius 2 is 1.90 bits per heavy atom. The van der Waals surface area contributed by atoms with Gasteiger partial charge in [-0.2, -0.15) is 0 Å². The van der Waals surface area contributed by atoms with Crippen LogP contribution in [-0.2, 0) is 13.0 Å². The number of hydrogen-bond donors (Lipinski definition) is 2. The molecule has 0 unspecified atom stereocenters. The zero-order valence-corrected chi connectivity index (χ0v) is 19.7. The Morgan fingerprint density at radius 3 is 2.58 bits per heavy atom. The highest BCUT2D eigenvalue weighted by molar-refractivity contribution is 5.94. The molecule has 6 nitrogen and oxygen atoms in total. The molecule has 0 aliphatic rings. The second kappa shape index (κ2) is 12.0. The molecule has 168 valence electrons. The highest BCUT2D eigenvalue weighted by atomic mass is 16.5. The van der Waals surface area contributed by atoms with Crippen molar-refractivity contribution in [1.29, 1.82) is 0 Å². The van der Waals surface area contributed by atoms with E-state index in [1.807, 2.05) is 45.0 Å². The normalized spacial score (nSPS) is 11.4. The van der Waals surface area contributed by atoms with Gasteiger partial charge in [0.1, 0.15) is 5.75 Å². The highest BCUT2D eigenvalue weighted by Gasteiger charge is 2.09. The summed E-state index contributed by atoms with van der Waals surface area (Å²) in [5.41, 5.74) is 4.05. The van der Waals surface area contributed by atoms with E-state index in [2.05, 4.69) is 35.8 Å². The monoisotopic (exact) mass is 424 g/mol. The fourth-order valence-electron chi connectivity index (χ4n) is 3.11. The lowest BCUT2D eigenvalue weighted by molar-refractivity contribution is 0.0827. The number of nitrogens with one attached hydrogen (secondary N) is 2. The van der Waals surface area contributed by atoms with Gasteiger partial charge in [-0.1, -0.05) is 24.3 Å². The molecule has 6 heteroatoms. The Hall–Kier alpha value is -3.02. The molecule has 0 fully saturated rings. The number of amides is 1. The van der Waals surface area contributed by atoms with Crippen molar-refractivity contribution in [1.82, 2.24) is 15.5 Å². The Labute approximate surface area is 186 Å². The minimum Gasteiger partial charge on any atom is -0.491 e. The summed E-state index contributed by atoms with van der Waals surface area (Å²) < 4.78 is 5.96. The van der Waals surface area contributed by atoms with E-state index in [1.54, 1.807) is 19.0 Å². The van der Waals surface area contributed by atoms with Crippen molar-refractivity contribution >= 4 is 11.9 Å². The molecule has 0 atom stereocenters. The third-order valence-electron chi connectivity index (χ3n) is 4.62. The van der Waals surface area contributed by atoms with Gasteiger partial charge in [0.25, 0.3) is 5.91 Å². The van der Waals surface area contributed by atoms with Crippen LogP contribution in [0.5, 0.6) is 5.75 Å². The molecule has 2 aromatic rings. The molecule has 0 radical (unpaired) electrons. The number of carbonyl (C=O) groups excluding carboxylic acids is 1. The average Bonchev–Trinajstić information content (AvgIpc) is 2.72. The number of aliphatic imine (C=N–C) groups is 1. The molecular weight excluding hydrogens is 388 g/mol. The summed E-state index contributed by atoms with van der Waals surface area (Å²) in [4.78, 5) is 18.5. The second-order valence-corrected chi connectivity index (χ2v) is 8.05. The third kappa shape index (κ3) is 7.96. The summed E-state index contributed by atoms with van der Waals surface area (Å²) in [5.74, 6) is 1.67. The fraction of sp³-hybridized carbons (Fsp3) is 0.440. The maximum atomic E-state index is 12.2. The minimum absolute atomic E-state index is 0.0160. The summed E-state index contributed by atoms with van der Waals surface area (Å²) in [6, 6.07) is 14.0. The van der Waals surface area contributed by atoms with E-state index < -0.39 is 0 Å². The molecule has 0 spiro atoms. The van der Waals surface area contributed by atoms with Crippen molar-refractivity contribution in [2.24, 2.45) is 4.99 Å². The van der Waals surface area contributed by atoms with Gasteiger partial charge in [-0.3, -0.25) is 4.79 Å². The predicted octanol–water partition coefficient (Wildman–Crippen LogP) is 3.78. The molecule has 0 aromatic heterocycles. The number of benzene rings is 2. The van der Waals surface area contributed by atoms with Gasteiger partial charge in [0.15, 0.2) is 5.96 Å². The lowest BCUT2D eigenvalue weighted by Crippen LogP contribution is -2.38. The van der Waals surface area contributed by atoms with Gasteiger partial charge in [0, 0.05) is 38.3 Å². The van der Waals surface area contributed by atoms with Crippen molar-refractivity contribution in [3.8, 4) is 5.75 Å². The van der Waals surface area contributed by atoms with Crippen molar-refractivity contribution in [2.45, 2.75) is 46.8 Å². The second-order valence-electron chi connectivity index (χ2n) is 8.05. The number of guanidine groups is 1. The Morgan fingerprint density at radius 1 is 1.13 bits per heavy atom. The van der Waals surface area contributed by atoms with Crippen LogP contribution in [0.4, 0.5) is 0 Å². The van der Waals surface area contributed by atoms with Gasteiger partial charge in [-0.05, 0) is 63.4 Å². The molecular formula is C25H36N4O2. The maximum Gasteiger partial charge on any atom is 0.253 e. The maximum absolute atomic E-state index is 12.2. The van der Waals surface area contributed by atoms with Crippen molar-refractivity contribution in [2.75, 3.05) is 27.2 Å². The van der Waals surface area contributed by atoms with Crippen molar-refractivity contribution < 1.29 is 9.53 Å². The molecule has 2 rings (SSSR count). The first kappa shape index (κ1) is 24.3. The van der Waals surface area contributed by atoms with Crippen LogP contribution in [0.2, 0.25) is 0 Å². The SMILES string of the molecule is CCNC(=NCc1ccc(C)cc1OC(C)C)NCCc1cccc(C(=O)N(C)C)c1. The lowest BCUT2D eigenvalue weighted by atomic mass is 10.1. The van der Waals surface area contributed by atoms with Crippen LogP contribution in [0.3, 0.4) is 0 Å². The van der Waals surface area contributed by atoms with Crippen molar-refractivity contribution in [3.63, 3.8) is 0 Å². The first-order valence-corrected chi connectivity index (χ1v) is 10.9. The Kier molecular flexibility index (Phi) is 9.38. The van der Waals surface area contributed by atoms with E-state index in [9.17, 15) is 4.79 Å². The summed E-state index contributed by atoms with van der Waals surface area (Å²) in [6.07, 6.45) is 0.914. The summed E-state index contributed by atoms with van der Waals surface area (Å²) in [5, 5.41) is 6.68. The van der Waals surface area contributed by atoms with E-state index >= 15 is 0 Å². The number of ether oxygens (including phenoxy) is 1. The molecule has 2 N–H and O–H groups in total. The van der Waals surface area contributed by atoms with E-state index in [-0.39, 0.29) is 12.0 Å². The van der Waals surface area contributed by atoms with E-state index in [4.69, 9.17) is 9.73 Å². The number of hydrogen-bond acceptors (Lipinski definition) is 3. The number of carbonyl (C=O) groups is 1. The molecule has 1 amide bonds. The summed E-state index contributed by atoms with van der Waals surface area (Å²) in [6.45, 7) is 10.2. The lowest BCUT2D eigenvalue weighted by Gasteiger charge is -2.15. The standard InChI is InChI=1S/C25H36N4O2/c1-7-26-25(28-17-22-12-11-19(4)15-23(22)31-18(2)3)27-14-13-20-9-8-10-21(16-20)24(30)29(5)6/h8-12,15-16,18H,7,13-14,17H2,1-6H3,(H2,26,27,28). The van der Waals surface area contributed by atoms with Crippen molar-refractivity contribution in [3.05, 3.63) is 64.7 Å². The number of rotatable bonds is 9. The smallest absolute Gasteiger partial charge is 0.253 e. The van der Waals surface area contributed by atoms with Gasteiger partial charge in [0.2, 0.25) is 0 Å². The number of aryl methyl sites for hydroxylation is 1. The van der Waals surface area contributed by atoms with Gasteiger partial charge in [0.05, 0.1) is 12.6 Å². The third-order valence-corrected chi connectivity index (χ3v) is 4.62. The van der Waals surface area contributed by atoms with E-state index in [0.717, 1.165) is 35.8 Å². The predicted molar refractivity (Wildman–Crippen MR) is 128 cm³/mol. The Balaban J connectivity index is 2.02. The van der Waals surface area contributed by atoms with Gasteiger partial charge in [-0.15, -0.1) is 0 Å². The first-order valence-electron chi connectivity index (χ1n) is 10.9. The van der Waals surface area contributed by atoms with Crippen LogP contribution >= 0.6 is 0 Å². The molecule has 0 heterocycles. The molecule has 2 aromatic carbocycles. The summed E-state index contributed by atoms with van der Waals surface area (Å²) >= 11 is 0. The van der Waals surface area contributed by atoms with E-state index in [1.165, 1.54) is 5.56 Å². The summed E-state index contributed by atoms with van der Waals surface area (Å²) in [7, 11) is 3.53. The topological polar surface area (TPSA) is 66.0 Å². The van der Waals surface area contributed by atoms with Gasteiger partial charge in [-0.25, -0.2) is 4.99 Å². The number of nitrogens with zero attached hydrogens (tertiary/aromatic N) is 2. The fourth-order valence-corrected chi connectivity index (χ4v) is 3.11. The molecule has 0 aliphatic heterocycles. The van der Waals surface area contributed by atoms with Crippen LogP contribution in [-0.4, -0.2) is 50.1 Å². The van der Waals surface area contributed by atoms with Crippen LogP contribution in [0.1, 0.15) is 47.8 Å². The largest absolute Gasteiger partial charge is 0.491 e. The van der Waals surface area contributed by atoms with Crippen LogP contribution < -0.4 is 15.4 Å². The zero-order chi connectivity index (χ0) is 22.8. The van der Waals surface area contributed by atoms with Gasteiger partial charge >= 0.3 is 0 Å². The van der Waals surface area contributed by atoms with E-state index in [0.29, 0.717) is 18.7 Å². The highest BCUT2D eigenvalue weighted by Crippen LogP contribution is 2.22. The Bertz CT molecular complexity index is 891. The van der Waals surface area contributed by atoms with Gasteiger partial charge < -0.3 is 20.3 Å². The minimum atomic E-state index is 0.0160. The molecule has 0 saturated heterocycles. The molecule has 0 saturated carbocycles. The molecule has 31 heavy (non-hydrogen) atoms. The molecule has 0 bridgehead atoms.